The number of hydrogen-bond donors (Lipinski definition) is 0. The fraction of sp³-hybridized carbons (Fsp3) is 0.333. The van der Waals surface area contributed by atoms with Gasteiger partial charge in [-0.15, -0.1) is 0 Å². The minimum atomic E-state index is -0.432. The van der Waals surface area contributed by atoms with Crippen molar-refractivity contribution in [1.82, 2.24) is 0 Å². The molecule has 1 aliphatic carbocycles. The van der Waals surface area contributed by atoms with Crippen molar-refractivity contribution in [3.05, 3.63) is 41.0 Å². The van der Waals surface area contributed by atoms with E-state index in [1.54, 1.807) is 18.2 Å². The number of allylic oxidation sites excluding steroid dienone is 1. The van der Waals surface area contributed by atoms with Crippen LogP contribution in [-0.2, 0) is 4.74 Å². The molecular weight excluding hydrogens is 244 g/mol. The van der Waals surface area contributed by atoms with E-state index in [1.165, 1.54) is 7.11 Å². The third-order valence-electron chi connectivity index (χ3n) is 3.38. The Bertz CT molecular complexity index is 582. The Morgan fingerprint density at radius 1 is 1.42 bits per heavy atom. The van der Waals surface area contributed by atoms with E-state index in [0.717, 1.165) is 18.4 Å². The molecule has 0 radical (unpaired) electrons. The summed E-state index contributed by atoms with van der Waals surface area (Å²) >= 11 is 0. The number of rotatable bonds is 2. The molecule has 1 heterocycles. The average molecular weight is 258 g/mol. The molecule has 1 aliphatic heterocycles. The molecule has 0 aromatic heterocycles. The molecule has 0 amide bonds. The van der Waals surface area contributed by atoms with E-state index in [1.807, 2.05) is 6.08 Å². The molecule has 1 aromatic carbocycles. The van der Waals surface area contributed by atoms with Crippen molar-refractivity contribution in [3.63, 3.8) is 0 Å². The maximum absolute atomic E-state index is 12.3. The summed E-state index contributed by atoms with van der Waals surface area (Å²) in [6.07, 6.45) is 4.33. The van der Waals surface area contributed by atoms with E-state index in [2.05, 4.69) is 4.74 Å². The molecule has 19 heavy (non-hydrogen) atoms. The lowest BCUT2D eigenvalue weighted by Crippen LogP contribution is -2.20. The van der Waals surface area contributed by atoms with E-state index >= 15 is 0 Å². The zero-order valence-corrected chi connectivity index (χ0v) is 10.6. The summed E-state index contributed by atoms with van der Waals surface area (Å²) < 4.78 is 10.2. The van der Waals surface area contributed by atoms with Crippen LogP contribution in [0.25, 0.3) is 0 Å². The summed E-state index contributed by atoms with van der Waals surface area (Å²) in [4.78, 5) is 23.7. The van der Waals surface area contributed by atoms with Crippen LogP contribution >= 0.6 is 0 Å². The molecule has 1 saturated carbocycles. The van der Waals surface area contributed by atoms with Crippen molar-refractivity contribution in [3.8, 4) is 5.75 Å². The number of carbonyl (C=O) groups is 2. The molecule has 0 saturated heterocycles. The predicted molar refractivity (Wildman–Crippen MR) is 68.4 cm³/mol. The number of esters is 1. The van der Waals surface area contributed by atoms with Crippen molar-refractivity contribution in [1.29, 1.82) is 0 Å². The predicted octanol–water partition coefficient (Wildman–Crippen LogP) is 2.38. The number of fused-ring (bicyclic) bond motifs is 1. The van der Waals surface area contributed by atoms with Gasteiger partial charge in [0.1, 0.15) is 12.4 Å². The minimum absolute atomic E-state index is 0.00423. The molecule has 98 valence electrons. The fourth-order valence-electron chi connectivity index (χ4n) is 2.14. The highest BCUT2D eigenvalue weighted by atomic mass is 16.5. The van der Waals surface area contributed by atoms with E-state index < -0.39 is 5.97 Å². The van der Waals surface area contributed by atoms with Crippen LogP contribution in [0.4, 0.5) is 0 Å². The van der Waals surface area contributed by atoms with Gasteiger partial charge in [-0.25, -0.2) is 4.79 Å². The van der Waals surface area contributed by atoms with Crippen molar-refractivity contribution < 1.29 is 19.1 Å². The average Bonchev–Trinajstić information content (AvgIpc) is 3.24. The van der Waals surface area contributed by atoms with Crippen LogP contribution in [0, 0.1) is 5.92 Å². The Kier molecular flexibility index (Phi) is 2.85. The zero-order valence-electron chi connectivity index (χ0n) is 10.6. The van der Waals surface area contributed by atoms with Crippen LogP contribution in [0.3, 0.4) is 0 Å². The summed E-state index contributed by atoms with van der Waals surface area (Å²) in [5.74, 6) is 0.571. The number of hydrogen-bond acceptors (Lipinski definition) is 4. The maximum atomic E-state index is 12.3. The summed E-state index contributed by atoms with van der Waals surface area (Å²) in [5, 5.41) is 0. The van der Waals surface area contributed by atoms with E-state index in [4.69, 9.17) is 4.74 Å². The van der Waals surface area contributed by atoms with Crippen LogP contribution in [0.1, 0.15) is 33.6 Å². The van der Waals surface area contributed by atoms with Gasteiger partial charge in [0, 0.05) is 5.57 Å². The molecule has 1 fully saturated rings. The Morgan fingerprint density at radius 2 is 2.21 bits per heavy atom. The fourth-order valence-corrected chi connectivity index (χ4v) is 2.14. The van der Waals surface area contributed by atoms with Gasteiger partial charge in [-0.05, 0) is 37.0 Å². The van der Waals surface area contributed by atoms with E-state index in [0.29, 0.717) is 22.8 Å². The van der Waals surface area contributed by atoms with Gasteiger partial charge >= 0.3 is 5.97 Å². The molecule has 4 nitrogen and oxygen atoms in total. The Labute approximate surface area is 111 Å². The number of carbonyl (C=O) groups excluding carboxylic acids is 2. The first kappa shape index (κ1) is 12.0. The van der Waals surface area contributed by atoms with Crippen LogP contribution < -0.4 is 4.74 Å². The Morgan fingerprint density at radius 3 is 2.89 bits per heavy atom. The highest BCUT2D eigenvalue weighted by molar-refractivity contribution is 6.12. The molecule has 0 N–H and O–H groups in total. The molecular formula is C15H14O4. The normalized spacial score (nSPS) is 19.8. The molecule has 2 aliphatic rings. The molecule has 0 atom stereocenters. The van der Waals surface area contributed by atoms with Gasteiger partial charge < -0.3 is 9.47 Å². The van der Waals surface area contributed by atoms with Crippen molar-refractivity contribution >= 4 is 11.8 Å². The van der Waals surface area contributed by atoms with Crippen molar-refractivity contribution in [2.45, 2.75) is 12.8 Å². The summed E-state index contributed by atoms with van der Waals surface area (Å²) in [7, 11) is 1.32. The third-order valence-corrected chi connectivity index (χ3v) is 3.38. The minimum Gasteiger partial charge on any atom is -0.488 e. The first-order chi connectivity index (χ1) is 9.19. The smallest absolute Gasteiger partial charge is 0.337 e. The van der Waals surface area contributed by atoms with Gasteiger partial charge in [-0.1, -0.05) is 6.08 Å². The first-order valence-corrected chi connectivity index (χ1v) is 6.29. The van der Waals surface area contributed by atoms with Crippen molar-refractivity contribution in [2.75, 3.05) is 13.7 Å². The number of ketones is 1. The number of benzene rings is 1. The lowest BCUT2D eigenvalue weighted by atomic mass is 9.98. The Hall–Kier alpha value is -2.10. The van der Waals surface area contributed by atoms with Gasteiger partial charge in [0.15, 0.2) is 5.78 Å². The quantitative estimate of drug-likeness (QED) is 0.603. The van der Waals surface area contributed by atoms with Gasteiger partial charge in [0.2, 0.25) is 0 Å². The second-order valence-corrected chi connectivity index (χ2v) is 4.85. The lowest BCUT2D eigenvalue weighted by Gasteiger charge is -2.19. The molecule has 3 rings (SSSR count). The number of methoxy groups -OCH3 is 1. The van der Waals surface area contributed by atoms with E-state index in [-0.39, 0.29) is 12.4 Å². The van der Waals surface area contributed by atoms with Crippen molar-refractivity contribution in [2.24, 2.45) is 5.92 Å². The SMILES string of the molecule is COC(=O)c1ccc2c(c1)OC/C(=C\C1CC1)C2=O. The zero-order chi connectivity index (χ0) is 13.4. The molecule has 4 heteroatoms. The van der Waals surface area contributed by atoms with E-state index in [9.17, 15) is 9.59 Å². The standard InChI is InChI=1S/C15H14O4/c1-18-15(17)10-4-5-12-13(7-10)19-8-11(14(12)16)6-9-2-3-9/h4-7,9H,2-3,8H2,1H3/b11-6+. The van der Waals surface area contributed by atoms with Gasteiger partial charge in [-0.3, -0.25) is 4.79 Å². The highest BCUT2D eigenvalue weighted by Crippen LogP contribution is 2.34. The number of ether oxygens (including phenoxy) is 2. The monoisotopic (exact) mass is 258 g/mol. The molecule has 0 unspecified atom stereocenters. The van der Waals surface area contributed by atoms with Crippen LogP contribution in [0.2, 0.25) is 0 Å². The molecule has 0 bridgehead atoms. The van der Waals surface area contributed by atoms with Gasteiger partial charge in [0.05, 0.1) is 18.2 Å². The summed E-state index contributed by atoms with van der Waals surface area (Å²) in [6.45, 7) is 0.285. The van der Waals surface area contributed by atoms with Gasteiger partial charge in [-0.2, -0.15) is 0 Å². The maximum Gasteiger partial charge on any atom is 0.337 e. The summed E-state index contributed by atoms with van der Waals surface area (Å²) in [6, 6.07) is 4.78. The largest absolute Gasteiger partial charge is 0.488 e. The van der Waals surface area contributed by atoms with Crippen LogP contribution in [0.15, 0.2) is 29.8 Å². The summed E-state index contributed by atoms with van der Waals surface area (Å²) in [5.41, 5.74) is 1.63. The molecule has 0 spiro atoms. The van der Waals surface area contributed by atoms with Crippen LogP contribution in [-0.4, -0.2) is 25.5 Å². The molecule has 1 aromatic rings. The lowest BCUT2D eigenvalue weighted by molar-refractivity contribution is 0.0599. The second-order valence-electron chi connectivity index (χ2n) is 4.85. The number of Topliss-reactive ketones (excluding diaryl/α,β-unsaturated/α-hetero) is 1. The third kappa shape index (κ3) is 2.26. The topological polar surface area (TPSA) is 52.6 Å². The Balaban J connectivity index is 1.92. The van der Waals surface area contributed by atoms with Gasteiger partial charge in [0.25, 0.3) is 0 Å². The second kappa shape index (κ2) is 4.53. The first-order valence-electron chi connectivity index (χ1n) is 6.29. The highest BCUT2D eigenvalue weighted by Gasteiger charge is 2.27. The van der Waals surface area contributed by atoms with Crippen LogP contribution in [0.5, 0.6) is 5.75 Å².